The SMILES string of the molecule is Cc1ccc(CNC(=O)c2ccccc2-n2cc3ccccc3n2)cc1. The highest BCUT2D eigenvalue weighted by molar-refractivity contribution is 5.97. The monoisotopic (exact) mass is 341 g/mol. The maximum absolute atomic E-state index is 12.7. The molecule has 26 heavy (non-hydrogen) atoms. The molecule has 0 radical (unpaired) electrons. The molecule has 0 aliphatic carbocycles. The zero-order valence-corrected chi connectivity index (χ0v) is 14.5. The van der Waals surface area contributed by atoms with Gasteiger partial charge in [-0.2, -0.15) is 5.10 Å². The molecule has 128 valence electrons. The van der Waals surface area contributed by atoms with Crippen molar-refractivity contribution in [1.29, 1.82) is 0 Å². The van der Waals surface area contributed by atoms with Gasteiger partial charge >= 0.3 is 0 Å². The minimum absolute atomic E-state index is 0.110. The summed E-state index contributed by atoms with van der Waals surface area (Å²) in [5.41, 5.74) is 4.56. The summed E-state index contributed by atoms with van der Waals surface area (Å²) < 4.78 is 1.77. The summed E-state index contributed by atoms with van der Waals surface area (Å²) in [7, 11) is 0. The Balaban J connectivity index is 1.60. The van der Waals surface area contributed by atoms with Gasteiger partial charge in [0.15, 0.2) is 0 Å². The smallest absolute Gasteiger partial charge is 0.253 e. The molecule has 0 unspecified atom stereocenters. The summed E-state index contributed by atoms with van der Waals surface area (Å²) in [6, 6.07) is 23.6. The second-order valence-electron chi connectivity index (χ2n) is 6.32. The molecule has 3 aromatic carbocycles. The predicted octanol–water partition coefficient (Wildman–Crippen LogP) is 4.26. The average molecular weight is 341 g/mol. The van der Waals surface area contributed by atoms with Crippen LogP contribution in [0.5, 0.6) is 0 Å². The van der Waals surface area contributed by atoms with Crippen LogP contribution >= 0.6 is 0 Å². The lowest BCUT2D eigenvalue weighted by atomic mass is 10.1. The summed E-state index contributed by atoms with van der Waals surface area (Å²) in [6.45, 7) is 2.54. The first kappa shape index (κ1) is 16.1. The molecule has 0 fully saturated rings. The molecule has 4 aromatic rings. The number of carbonyl (C=O) groups excluding carboxylic acids is 1. The van der Waals surface area contributed by atoms with Crippen LogP contribution in [0.3, 0.4) is 0 Å². The summed E-state index contributed by atoms with van der Waals surface area (Å²) in [5, 5.41) is 8.63. The zero-order valence-electron chi connectivity index (χ0n) is 14.5. The number of carbonyl (C=O) groups is 1. The second-order valence-corrected chi connectivity index (χ2v) is 6.32. The van der Waals surface area contributed by atoms with Crippen molar-refractivity contribution in [2.24, 2.45) is 0 Å². The molecular formula is C22H19N3O. The van der Waals surface area contributed by atoms with Gasteiger partial charge in [-0.15, -0.1) is 0 Å². The molecule has 1 N–H and O–H groups in total. The Kier molecular flexibility index (Phi) is 4.23. The van der Waals surface area contributed by atoms with E-state index in [0.29, 0.717) is 12.1 Å². The van der Waals surface area contributed by atoms with Gasteiger partial charge in [0.25, 0.3) is 5.91 Å². The van der Waals surface area contributed by atoms with Crippen molar-refractivity contribution >= 4 is 16.8 Å². The van der Waals surface area contributed by atoms with Gasteiger partial charge in [0.1, 0.15) is 0 Å². The number of nitrogens with zero attached hydrogens (tertiary/aromatic N) is 2. The number of aromatic nitrogens is 2. The molecule has 0 saturated heterocycles. The molecule has 4 rings (SSSR count). The Morgan fingerprint density at radius 1 is 0.962 bits per heavy atom. The number of hydrogen-bond donors (Lipinski definition) is 1. The van der Waals surface area contributed by atoms with Crippen LogP contribution < -0.4 is 5.32 Å². The van der Waals surface area contributed by atoms with Crippen LogP contribution in [-0.2, 0) is 6.54 Å². The van der Waals surface area contributed by atoms with Crippen molar-refractivity contribution in [1.82, 2.24) is 15.1 Å². The molecule has 0 bridgehead atoms. The van der Waals surface area contributed by atoms with Gasteiger partial charge in [-0.1, -0.05) is 60.2 Å². The fourth-order valence-corrected chi connectivity index (χ4v) is 2.94. The van der Waals surface area contributed by atoms with E-state index >= 15 is 0 Å². The largest absolute Gasteiger partial charge is 0.348 e. The lowest BCUT2D eigenvalue weighted by molar-refractivity contribution is 0.0951. The number of amides is 1. The van der Waals surface area contributed by atoms with E-state index in [9.17, 15) is 4.79 Å². The Hall–Kier alpha value is -3.40. The summed E-state index contributed by atoms with van der Waals surface area (Å²) in [4.78, 5) is 12.7. The lowest BCUT2D eigenvalue weighted by Gasteiger charge is -2.10. The highest BCUT2D eigenvalue weighted by Gasteiger charge is 2.13. The van der Waals surface area contributed by atoms with Crippen LogP contribution in [0, 0.1) is 6.92 Å². The minimum Gasteiger partial charge on any atom is -0.348 e. The normalized spacial score (nSPS) is 10.8. The first-order valence-corrected chi connectivity index (χ1v) is 8.58. The first-order chi connectivity index (χ1) is 12.7. The molecule has 0 aliphatic heterocycles. The van der Waals surface area contributed by atoms with E-state index in [1.165, 1.54) is 5.56 Å². The van der Waals surface area contributed by atoms with Gasteiger partial charge in [-0.3, -0.25) is 4.79 Å². The molecule has 1 amide bonds. The quantitative estimate of drug-likeness (QED) is 0.603. The van der Waals surface area contributed by atoms with Crippen LogP contribution in [0.15, 0.2) is 79.0 Å². The number of fused-ring (bicyclic) bond motifs is 1. The number of aryl methyl sites for hydroxylation is 1. The van der Waals surface area contributed by atoms with Crippen molar-refractivity contribution < 1.29 is 4.79 Å². The van der Waals surface area contributed by atoms with E-state index in [1.807, 2.05) is 85.9 Å². The Morgan fingerprint density at radius 3 is 2.50 bits per heavy atom. The van der Waals surface area contributed by atoms with Gasteiger partial charge < -0.3 is 5.32 Å². The van der Waals surface area contributed by atoms with E-state index in [1.54, 1.807) is 4.68 Å². The molecule has 0 aliphatic rings. The van der Waals surface area contributed by atoms with E-state index in [2.05, 4.69) is 10.4 Å². The second kappa shape index (κ2) is 6.84. The van der Waals surface area contributed by atoms with E-state index in [-0.39, 0.29) is 5.91 Å². The van der Waals surface area contributed by atoms with Crippen molar-refractivity contribution in [3.8, 4) is 5.69 Å². The summed E-state index contributed by atoms with van der Waals surface area (Å²) >= 11 is 0. The number of para-hydroxylation sites is 1. The third-order valence-corrected chi connectivity index (χ3v) is 4.38. The lowest BCUT2D eigenvalue weighted by Crippen LogP contribution is -2.24. The maximum Gasteiger partial charge on any atom is 0.253 e. The molecule has 1 aromatic heterocycles. The fraction of sp³-hybridized carbons (Fsp3) is 0.0909. The van der Waals surface area contributed by atoms with Crippen LogP contribution in [0.25, 0.3) is 16.6 Å². The summed E-state index contributed by atoms with van der Waals surface area (Å²) in [5.74, 6) is -0.110. The average Bonchev–Trinajstić information content (AvgIpc) is 3.11. The minimum atomic E-state index is -0.110. The van der Waals surface area contributed by atoms with E-state index < -0.39 is 0 Å². The topological polar surface area (TPSA) is 46.9 Å². The van der Waals surface area contributed by atoms with Gasteiger partial charge in [0.05, 0.1) is 16.8 Å². The van der Waals surface area contributed by atoms with E-state index in [0.717, 1.165) is 22.2 Å². The maximum atomic E-state index is 12.7. The number of hydrogen-bond acceptors (Lipinski definition) is 2. The molecule has 4 heteroatoms. The van der Waals surface area contributed by atoms with Crippen LogP contribution in [0.1, 0.15) is 21.5 Å². The van der Waals surface area contributed by atoms with E-state index in [4.69, 9.17) is 0 Å². The van der Waals surface area contributed by atoms with Crippen molar-refractivity contribution in [3.05, 3.63) is 95.7 Å². The molecule has 4 nitrogen and oxygen atoms in total. The van der Waals surface area contributed by atoms with Crippen molar-refractivity contribution in [3.63, 3.8) is 0 Å². The standard InChI is InChI=1S/C22H19N3O/c1-16-10-12-17(13-11-16)14-23-22(26)19-7-3-5-9-21(19)25-15-18-6-2-4-8-20(18)24-25/h2-13,15H,14H2,1H3,(H,23,26). The summed E-state index contributed by atoms with van der Waals surface area (Å²) in [6.07, 6.45) is 1.95. The van der Waals surface area contributed by atoms with Crippen LogP contribution in [0.2, 0.25) is 0 Å². The first-order valence-electron chi connectivity index (χ1n) is 8.58. The van der Waals surface area contributed by atoms with Crippen molar-refractivity contribution in [2.75, 3.05) is 0 Å². The van der Waals surface area contributed by atoms with Gasteiger partial charge in [-0.05, 0) is 30.7 Å². The Bertz CT molecular complexity index is 1030. The third-order valence-electron chi connectivity index (χ3n) is 4.38. The van der Waals surface area contributed by atoms with Gasteiger partial charge in [0.2, 0.25) is 0 Å². The van der Waals surface area contributed by atoms with Gasteiger partial charge in [-0.25, -0.2) is 4.68 Å². The van der Waals surface area contributed by atoms with Crippen LogP contribution in [-0.4, -0.2) is 15.7 Å². The number of nitrogens with one attached hydrogen (secondary N) is 1. The molecule has 1 heterocycles. The fourth-order valence-electron chi connectivity index (χ4n) is 2.94. The molecular weight excluding hydrogens is 322 g/mol. The highest BCUT2D eigenvalue weighted by Crippen LogP contribution is 2.18. The van der Waals surface area contributed by atoms with Crippen molar-refractivity contribution in [2.45, 2.75) is 13.5 Å². The zero-order chi connectivity index (χ0) is 17.9. The Morgan fingerprint density at radius 2 is 1.69 bits per heavy atom. The highest BCUT2D eigenvalue weighted by atomic mass is 16.1. The van der Waals surface area contributed by atoms with Crippen LogP contribution in [0.4, 0.5) is 0 Å². The Labute approximate surface area is 152 Å². The number of benzene rings is 3. The predicted molar refractivity (Wildman–Crippen MR) is 103 cm³/mol. The van der Waals surface area contributed by atoms with Gasteiger partial charge in [0, 0.05) is 18.1 Å². The molecule has 0 atom stereocenters. The number of rotatable bonds is 4. The molecule has 0 spiro atoms. The third kappa shape index (κ3) is 3.22. The molecule has 0 saturated carbocycles.